The van der Waals surface area contributed by atoms with E-state index >= 15 is 0 Å². The van der Waals surface area contributed by atoms with Crippen LogP contribution >= 0.6 is 11.6 Å². The highest BCUT2D eigenvalue weighted by atomic mass is 35.5. The number of hydrogen-bond acceptors (Lipinski definition) is 2. The topological polar surface area (TPSA) is 21.3 Å². The van der Waals surface area contributed by atoms with E-state index in [2.05, 4.69) is 0 Å². The molecule has 1 rings (SSSR count). The van der Waals surface area contributed by atoms with E-state index in [4.69, 9.17) is 26.0 Å². The number of nitrogens with one attached hydrogen (secondary N) is 1. The predicted octanol–water partition coefficient (Wildman–Crippen LogP) is 1.73. The SMILES string of the molecule is [2H]N1CC([2H])([2H])C([2H])([2H])C([2H])(Cl)C1([2H])OC(C)C. The average molecular weight is 185 g/mol. The van der Waals surface area contributed by atoms with Crippen LogP contribution in [0.3, 0.4) is 0 Å². The Morgan fingerprint density at radius 1 is 1.91 bits per heavy atom. The maximum absolute atomic E-state index is 7.98. The third-order valence-electron chi connectivity index (χ3n) is 1.03. The molecule has 66 valence electrons. The van der Waals surface area contributed by atoms with Crippen LogP contribution in [0.5, 0.6) is 0 Å². The van der Waals surface area contributed by atoms with Gasteiger partial charge in [-0.2, -0.15) is 0 Å². The molecule has 2 unspecified atom stereocenters. The van der Waals surface area contributed by atoms with Gasteiger partial charge < -0.3 is 4.74 Å². The van der Waals surface area contributed by atoms with Crippen LogP contribution < -0.4 is 5.31 Å². The van der Waals surface area contributed by atoms with Crippen LogP contribution in [0.2, 0.25) is 1.41 Å². The Bertz CT molecular complexity index is 335. The highest BCUT2D eigenvalue weighted by Crippen LogP contribution is 2.16. The Balaban J connectivity index is 3.30. The first kappa shape index (κ1) is 3.52. The molecule has 3 heteroatoms. The zero-order valence-corrected chi connectivity index (χ0v) is 7.27. The van der Waals surface area contributed by atoms with Gasteiger partial charge in [-0.15, -0.1) is 11.6 Å². The lowest BCUT2D eigenvalue weighted by Gasteiger charge is -2.29. The van der Waals surface area contributed by atoms with Crippen LogP contribution in [-0.4, -0.2) is 24.2 Å². The molecule has 1 aliphatic rings. The molecule has 0 amide bonds. The van der Waals surface area contributed by atoms with Crippen LogP contribution in [0.1, 0.15) is 34.8 Å². The van der Waals surface area contributed by atoms with Crippen molar-refractivity contribution in [2.75, 3.05) is 6.54 Å². The van der Waals surface area contributed by atoms with Crippen molar-refractivity contribution in [3.63, 3.8) is 0 Å². The maximum atomic E-state index is 7.98. The number of halogens is 1. The monoisotopic (exact) mass is 184 g/mol. The summed E-state index contributed by atoms with van der Waals surface area (Å²) in [5.41, 5.74) is 0. The van der Waals surface area contributed by atoms with E-state index in [1.165, 1.54) is 0 Å². The van der Waals surface area contributed by atoms with Crippen molar-refractivity contribution in [2.24, 2.45) is 0 Å². The van der Waals surface area contributed by atoms with Crippen LogP contribution in [0.15, 0.2) is 0 Å². The highest BCUT2D eigenvalue weighted by Gasteiger charge is 2.23. The first-order chi connectivity index (χ1) is 7.79. The first-order valence-electron chi connectivity index (χ1n) is 6.87. The molecule has 0 aromatic heterocycles. The summed E-state index contributed by atoms with van der Waals surface area (Å²) >= 11 is 5.77. The van der Waals surface area contributed by atoms with Gasteiger partial charge in [-0.3, -0.25) is 5.31 Å². The van der Waals surface area contributed by atoms with E-state index < -0.39 is 37.0 Å². The Kier molecular flexibility index (Phi) is 1.37. The van der Waals surface area contributed by atoms with Gasteiger partial charge in [0.2, 0.25) is 0 Å². The molecule has 11 heavy (non-hydrogen) atoms. The van der Waals surface area contributed by atoms with Crippen molar-refractivity contribution in [3.8, 4) is 0 Å². The van der Waals surface area contributed by atoms with E-state index in [9.17, 15) is 0 Å². The molecule has 1 heterocycles. The normalized spacial score (nSPS) is 66.4. The summed E-state index contributed by atoms with van der Waals surface area (Å²) in [5.74, 6) is 0. The largest absolute Gasteiger partial charge is 0.359 e. The molecule has 0 aliphatic carbocycles. The van der Waals surface area contributed by atoms with Crippen molar-refractivity contribution < 1.29 is 14.4 Å². The molecule has 2 nitrogen and oxygen atoms in total. The maximum Gasteiger partial charge on any atom is 0.125 e. The summed E-state index contributed by atoms with van der Waals surface area (Å²) in [6.45, 7) is 2.43. The average Bonchev–Trinajstić information content (AvgIpc) is 2.13. The van der Waals surface area contributed by atoms with Crippen molar-refractivity contribution >= 4 is 11.6 Å². The third-order valence-corrected chi connectivity index (χ3v) is 1.29. The Hall–Kier alpha value is 0.210. The molecule has 0 aromatic rings. The van der Waals surface area contributed by atoms with Crippen LogP contribution in [-0.2, 0) is 4.74 Å². The highest BCUT2D eigenvalue weighted by molar-refractivity contribution is 6.21. The van der Waals surface area contributed by atoms with Crippen molar-refractivity contribution in [1.82, 2.24) is 5.31 Å². The van der Waals surface area contributed by atoms with Gasteiger partial charge in [0.05, 0.1) is 14.2 Å². The minimum Gasteiger partial charge on any atom is -0.359 e. The summed E-state index contributed by atoms with van der Waals surface area (Å²) in [4.78, 5) is 0. The van der Waals surface area contributed by atoms with Gasteiger partial charge in [0.1, 0.15) is 7.62 Å². The zero-order chi connectivity index (χ0) is 14.6. The fourth-order valence-electron chi connectivity index (χ4n) is 0.664. The number of hydrogen-bond donors (Lipinski definition) is 1. The van der Waals surface area contributed by atoms with Crippen molar-refractivity contribution in [1.29, 1.82) is 0 Å². The van der Waals surface area contributed by atoms with Crippen LogP contribution in [0.25, 0.3) is 0 Å². The molecule has 1 aliphatic heterocycles. The van der Waals surface area contributed by atoms with Gasteiger partial charge in [0, 0.05) is 5.48 Å². The Morgan fingerprint density at radius 3 is 3.27 bits per heavy atom. The second kappa shape index (κ2) is 4.29. The Morgan fingerprint density at radius 2 is 2.64 bits per heavy atom. The fraction of sp³-hybridized carbons (Fsp3) is 1.00. The molecule has 0 saturated carbocycles. The van der Waals surface area contributed by atoms with Gasteiger partial charge >= 0.3 is 0 Å². The second-order valence-corrected chi connectivity index (χ2v) is 2.78. The lowest BCUT2D eigenvalue weighted by molar-refractivity contribution is -0.0230. The molecular formula is C8H16ClNO. The Labute approximate surface area is 83.1 Å². The van der Waals surface area contributed by atoms with E-state index in [0.717, 1.165) is 0 Å². The number of rotatable bonds is 2. The molecule has 2 atom stereocenters. The first-order valence-corrected chi connectivity index (χ1v) is 3.80. The summed E-state index contributed by atoms with van der Waals surface area (Å²) in [6.07, 6.45) is -8.41. The molecule has 0 spiro atoms. The standard InChI is InChI=1S/C8H16ClNO/c1-6(2)11-8-7(9)4-3-5-10-8/h6-8,10H,3-5H2,1-2H3/i3D2,4D2,7D,8D/hD. The summed E-state index contributed by atoms with van der Waals surface area (Å²) in [7, 11) is 0. The van der Waals surface area contributed by atoms with E-state index in [-0.39, 0.29) is 0 Å². The van der Waals surface area contributed by atoms with E-state index in [1.807, 2.05) is 0 Å². The summed E-state index contributed by atoms with van der Waals surface area (Å²) in [5, 5.41) is -2.39. The summed E-state index contributed by atoms with van der Waals surface area (Å²) in [6, 6.07) is 0. The summed E-state index contributed by atoms with van der Waals surface area (Å²) < 4.78 is 59.0. The number of ether oxygens (including phenoxy) is 1. The second-order valence-electron chi connectivity index (χ2n) is 2.40. The minimum absolute atomic E-state index is 0.383. The lowest BCUT2D eigenvalue weighted by Crippen LogP contribution is -2.45. The quantitative estimate of drug-likeness (QED) is 0.661. The van der Waals surface area contributed by atoms with Gasteiger partial charge in [-0.1, -0.05) is 0 Å². The van der Waals surface area contributed by atoms with Gasteiger partial charge in [0.15, 0.2) is 0 Å². The minimum atomic E-state index is -2.84. The molecule has 1 fully saturated rings. The molecular weight excluding hydrogens is 162 g/mol. The lowest BCUT2D eigenvalue weighted by atomic mass is 10.1. The zero-order valence-electron chi connectivity index (χ0n) is 13.5. The molecule has 0 radical (unpaired) electrons. The van der Waals surface area contributed by atoms with Crippen molar-refractivity contribution in [2.45, 2.75) is 44.3 Å². The van der Waals surface area contributed by atoms with E-state index in [0.29, 0.717) is 5.31 Å². The molecule has 1 N–H and O–H groups in total. The molecule has 0 bridgehead atoms. The number of piperidine rings is 1. The van der Waals surface area contributed by atoms with Gasteiger partial charge in [0.25, 0.3) is 0 Å². The van der Waals surface area contributed by atoms with Crippen LogP contribution in [0, 0.1) is 0 Å². The fourth-order valence-corrected chi connectivity index (χ4v) is 0.835. The predicted molar refractivity (Wildman–Crippen MR) is 46.9 cm³/mol. The van der Waals surface area contributed by atoms with E-state index in [1.54, 1.807) is 13.8 Å². The third kappa shape index (κ3) is 2.97. The molecule has 1 saturated heterocycles. The number of alkyl halides is 1. The van der Waals surface area contributed by atoms with Crippen LogP contribution in [0.4, 0.5) is 0 Å². The molecule has 0 aromatic carbocycles. The van der Waals surface area contributed by atoms with Gasteiger partial charge in [-0.25, -0.2) is 0 Å². The smallest absolute Gasteiger partial charge is 0.125 e. The van der Waals surface area contributed by atoms with Crippen molar-refractivity contribution in [3.05, 3.63) is 0 Å². The van der Waals surface area contributed by atoms with Gasteiger partial charge in [-0.05, 0) is 33.1 Å².